The second-order valence-electron chi connectivity index (χ2n) is 7.24. The summed E-state index contributed by atoms with van der Waals surface area (Å²) in [6.45, 7) is -0.270. The van der Waals surface area contributed by atoms with Gasteiger partial charge >= 0.3 is 23.5 Å². The number of alkyl halides is 1. The van der Waals surface area contributed by atoms with Crippen molar-refractivity contribution in [2.75, 3.05) is 12.3 Å². The lowest BCUT2D eigenvalue weighted by Gasteiger charge is -2.24. The average Bonchev–Trinajstić information content (AvgIpc) is 3.27. The molecule has 4 unspecified atom stereocenters. The van der Waals surface area contributed by atoms with E-state index in [9.17, 15) is 32.7 Å². The Hall–Kier alpha value is -2.28. The van der Waals surface area contributed by atoms with Crippen LogP contribution in [0.4, 0.5) is 10.3 Å². The van der Waals surface area contributed by atoms with E-state index >= 15 is 0 Å². The SMILES string of the molecule is CC(F)(N=[N+]=[N-])OC1C[C@H](n2cnc3c(=O)[nH]c(N)nc32)O[C@@H]1COP(=O)(O)OP(=O)(O)OP(=O)(O)O. The van der Waals surface area contributed by atoms with Crippen molar-refractivity contribution in [3.63, 3.8) is 0 Å². The number of nitrogens with one attached hydrogen (secondary N) is 1. The van der Waals surface area contributed by atoms with Gasteiger partial charge in [-0.05, 0) is 10.6 Å². The van der Waals surface area contributed by atoms with E-state index in [1.54, 1.807) is 0 Å². The molecule has 1 fully saturated rings. The first-order valence-corrected chi connectivity index (χ1v) is 14.0. The molecule has 0 saturated carbocycles. The highest BCUT2D eigenvalue weighted by atomic mass is 31.3. The van der Waals surface area contributed by atoms with Crippen LogP contribution in [0, 0.1) is 0 Å². The third kappa shape index (κ3) is 7.86. The number of ether oxygens (including phenoxy) is 2. The molecule has 1 saturated heterocycles. The molecule has 0 aliphatic carbocycles. The molecule has 0 aromatic carbocycles. The van der Waals surface area contributed by atoms with E-state index in [-0.39, 0.29) is 23.5 Å². The standard InChI is InChI=1S/C12H18FN8O13P3/c1-12(13,19-20-15)32-5-2-7(21-4-16-8-9(21)17-11(14)18-10(8)22)31-6(5)3-30-36(26,27)34-37(28,29)33-35(23,24)25/h4-7H,2-3H2,1H3,(H,26,27)(H,28,29)(H2,23,24,25)(H3,14,17,18,22)/t5?,6-,7-,12?/m1/s1. The maximum absolute atomic E-state index is 14.5. The number of fused-ring (bicyclic) bond motifs is 1. The van der Waals surface area contributed by atoms with Gasteiger partial charge in [0.25, 0.3) is 11.5 Å². The van der Waals surface area contributed by atoms with Gasteiger partial charge in [0.1, 0.15) is 12.3 Å². The smallest absolute Gasteiger partial charge is 0.369 e. The summed E-state index contributed by atoms with van der Waals surface area (Å²) in [6.07, 6.45) is -3.16. The van der Waals surface area contributed by atoms with E-state index in [2.05, 4.69) is 38.1 Å². The number of anilines is 1. The summed E-state index contributed by atoms with van der Waals surface area (Å²) in [7, 11) is -17.0. The maximum atomic E-state index is 14.5. The molecule has 37 heavy (non-hydrogen) atoms. The van der Waals surface area contributed by atoms with Gasteiger partial charge in [-0.25, -0.2) is 23.1 Å². The fourth-order valence-corrected chi connectivity index (χ4v) is 6.18. The molecule has 1 aliphatic rings. The molecule has 0 radical (unpaired) electrons. The van der Waals surface area contributed by atoms with E-state index in [4.69, 9.17) is 30.5 Å². The molecule has 7 N–H and O–H groups in total. The number of nitrogens with zero attached hydrogens (tertiary/aromatic N) is 6. The number of rotatable bonds is 11. The lowest BCUT2D eigenvalue weighted by Crippen LogP contribution is -2.35. The molecule has 0 amide bonds. The Kier molecular flexibility index (Phi) is 8.28. The second kappa shape index (κ2) is 10.5. The third-order valence-electron chi connectivity index (χ3n) is 4.35. The van der Waals surface area contributed by atoms with Crippen LogP contribution in [0.1, 0.15) is 19.6 Å². The van der Waals surface area contributed by atoms with Gasteiger partial charge in [-0.1, -0.05) is 0 Å². The van der Waals surface area contributed by atoms with Gasteiger partial charge in [0.15, 0.2) is 11.2 Å². The molecule has 0 bridgehead atoms. The van der Waals surface area contributed by atoms with Crippen LogP contribution in [0.25, 0.3) is 21.6 Å². The second-order valence-corrected chi connectivity index (χ2v) is 11.7. The zero-order valence-corrected chi connectivity index (χ0v) is 20.9. The number of aromatic amines is 1. The van der Waals surface area contributed by atoms with Crippen molar-refractivity contribution in [1.82, 2.24) is 19.5 Å². The maximum Gasteiger partial charge on any atom is 0.490 e. The first-order valence-electron chi connectivity index (χ1n) is 9.49. The van der Waals surface area contributed by atoms with Gasteiger partial charge in [-0.3, -0.25) is 18.9 Å². The van der Waals surface area contributed by atoms with Crippen molar-refractivity contribution in [3.8, 4) is 0 Å². The van der Waals surface area contributed by atoms with E-state index in [0.717, 1.165) is 13.3 Å². The summed E-state index contributed by atoms with van der Waals surface area (Å²) >= 11 is 0. The number of hydrogen-bond acceptors (Lipinski definition) is 13. The number of halogens is 1. The van der Waals surface area contributed by atoms with Crippen LogP contribution >= 0.6 is 23.5 Å². The number of phosphoric acid groups is 3. The van der Waals surface area contributed by atoms with E-state index in [0.29, 0.717) is 0 Å². The highest BCUT2D eigenvalue weighted by Gasteiger charge is 2.45. The Morgan fingerprint density at radius 3 is 2.65 bits per heavy atom. The molecule has 2 aromatic rings. The first-order chi connectivity index (χ1) is 16.9. The zero-order chi connectivity index (χ0) is 27.8. The minimum absolute atomic E-state index is 0.0587. The number of azide groups is 1. The summed E-state index contributed by atoms with van der Waals surface area (Å²) < 4.78 is 72.5. The molecule has 0 spiro atoms. The predicted octanol–water partition coefficient (Wildman–Crippen LogP) is 0.671. The van der Waals surface area contributed by atoms with Crippen LogP contribution in [0.3, 0.4) is 0 Å². The summed E-state index contributed by atoms with van der Waals surface area (Å²) in [5.74, 6) is -3.21. The number of imidazole rings is 1. The van der Waals surface area contributed by atoms with Crippen molar-refractivity contribution >= 4 is 40.6 Å². The van der Waals surface area contributed by atoms with Gasteiger partial charge in [0.2, 0.25) is 5.95 Å². The van der Waals surface area contributed by atoms with Gasteiger partial charge in [-0.15, -0.1) is 0 Å². The molecule has 25 heteroatoms. The summed E-state index contributed by atoms with van der Waals surface area (Å²) in [5, 5.41) is 2.82. The normalized spacial score (nSPS) is 25.2. The monoisotopic (exact) mass is 594 g/mol. The Morgan fingerprint density at radius 1 is 1.35 bits per heavy atom. The fourth-order valence-electron chi connectivity index (χ4n) is 3.15. The Bertz CT molecular complexity index is 1420. The topological polar surface area (TPSA) is 317 Å². The molecule has 206 valence electrons. The average molecular weight is 594 g/mol. The highest BCUT2D eigenvalue weighted by molar-refractivity contribution is 7.66. The fraction of sp³-hybridized carbons (Fsp3) is 0.583. The first kappa shape index (κ1) is 29.3. The lowest BCUT2D eigenvalue weighted by atomic mass is 10.2. The Balaban J connectivity index is 1.83. The van der Waals surface area contributed by atoms with Crippen molar-refractivity contribution in [3.05, 3.63) is 27.1 Å². The van der Waals surface area contributed by atoms with Crippen molar-refractivity contribution < 1.29 is 60.3 Å². The van der Waals surface area contributed by atoms with Gasteiger partial charge in [-0.2, -0.15) is 13.6 Å². The summed E-state index contributed by atoms with van der Waals surface area (Å²) in [5.41, 5.74) is 13.2. The van der Waals surface area contributed by atoms with Gasteiger partial charge in [0, 0.05) is 18.3 Å². The molecule has 3 rings (SSSR count). The van der Waals surface area contributed by atoms with Gasteiger partial charge in [0.05, 0.1) is 19.0 Å². The highest BCUT2D eigenvalue weighted by Crippen LogP contribution is 2.66. The molecular formula is C12H18FN8O13P3. The van der Waals surface area contributed by atoms with E-state index < -0.39 is 60.0 Å². The molecule has 21 nitrogen and oxygen atoms in total. The number of H-pyrrole nitrogens is 1. The van der Waals surface area contributed by atoms with Crippen LogP contribution in [0.15, 0.2) is 16.2 Å². The Morgan fingerprint density at radius 2 is 2.03 bits per heavy atom. The van der Waals surface area contributed by atoms with Crippen LogP contribution in [0.2, 0.25) is 0 Å². The van der Waals surface area contributed by atoms with Crippen molar-refractivity contribution in [2.24, 2.45) is 5.11 Å². The minimum atomic E-state index is -5.80. The number of nitrogens with two attached hydrogens (primary N) is 1. The van der Waals surface area contributed by atoms with E-state index in [1.165, 1.54) is 4.57 Å². The van der Waals surface area contributed by atoms with Crippen molar-refractivity contribution in [1.29, 1.82) is 0 Å². The minimum Gasteiger partial charge on any atom is -0.369 e. The number of phosphoric ester groups is 1. The molecule has 2 aromatic heterocycles. The molecular weight excluding hydrogens is 576 g/mol. The van der Waals surface area contributed by atoms with Gasteiger partial charge < -0.3 is 34.8 Å². The van der Waals surface area contributed by atoms with Crippen molar-refractivity contribution in [2.45, 2.75) is 37.8 Å². The van der Waals surface area contributed by atoms with Crippen LogP contribution in [-0.4, -0.2) is 63.9 Å². The molecule has 6 atom stereocenters. The zero-order valence-electron chi connectivity index (χ0n) is 18.2. The van der Waals surface area contributed by atoms with E-state index in [1.807, 2.05) is 0 Å². The molecule has 3 heterocycles. The van der Waals surface area contributed by atoms with Crippen LogP contribution in [-0.2, 0) is 36.3 Å². The number of nitrogen functional groups attached to an aromatic ring is 1. The summed E-state index contributed by atoms with van der Waals surface area (Å²) in [4.78, 5) is 60.5. The van der Waals surface area contributed by atoms with Crippen LogP contribution in [0.5, 0.6) is 0 Å². The quantitative estimate of drug-likeness (QED) is 0.0684. The number of aromatic nitrogens is 4. The Labute approximate surface area is 203 Å². The largest absolute Gasteiger partial charge is 0.490 e. The predicted molar refractivity (Wildman–Crippen MR) is 114 cm³/mol. The lowest BCUT2D eigenvalue weighted by molar-refractivity contribution is -0.178. The summed E-state index contributed by atoms with van der Waals surface area (Å²) in [6, 6.07) is 0. The molecule has 1 aliphatic heterocycles. The third-order valence-corrected chi connectivity index (χ3v) is 8.15. The number of hydrogen-bond donors (Lipinski definition) is 6. The van der Waals surface area contributed by atoms with Crippen LogP contribution < -0.4 is 11.3 Å².